The fourth-order valence-electron chi connectivity index (χ4n) is 1.43. The highest BCUT2D eigenvalue weighted by Crippen LogP contribution is 2.37. The van der Waals surface area contributed by atoms with E-state index in [-0.39, 0.29) is 6.01 Å². The zero-order valence-corrected chi connectivity index (χ0v) is 10.4. The number of hydrogen-bond donors (Lipinski definition) is 1. The zero-order chi connectivity index (χ0) is 13.1. The third-order valence-electron chi connectivity index (χ3n) is 2.30. The van der Waals surface area contributed by atoms with E-state index in [9.17, 15) is 0 Å². The second-order valence-corrected chi connectivity index (χ2v) is 3.55. The largest absolute Gasteiger partial charge is 0.493 e. The first-order valence-corrected chi connectivity index (χ1v) is 5.19. The van der Waals surface area contributed by atoms with Crippen LogP contribution >= 0.6 is 0 Å². The number of anilines is 1. The molecular weight excluding hydrogens is 236 g/mol. The highest BCUT2D eigenvalue weighted by molar-refractivity contribution is 5.62. The van der Waals surface area contributed by atoms with Crippen LogP contribution in [0, 0.1) is 0 Å². The summed E-state index contributed by atoms with van der Waals surface area (Å²) in [6.07, 6.45) is 1.53. The van der Waals surface area contributed by atoms with Gasteiger partial charge in [-0.1, -0.05) is 0 Å². The molecule has 0 unspecified atom stereocenters. The topological polar surface area (TPSA) is 84.4 Å². The molecule has 0 spiro atoms. The van der Waals surface area contributed by atoms with E-state index in [1.54, 1.807) is 19.2 Å². The van der Waals surface area contributed by atoms with E-state index >= 15 is 0 Å². The molecule has 0 aliphatic heterocycles. The molecule has 2 rings (SSSR count). The van der Waals surface area contributed by atoms with Crippen molar-refractivity contribution in [1.29, 1.82) is 0 Å². The number of benzene rings is 1. The van der Waals surface area contributed by atoms with Gasteiger partial charge in [-0.15, -0.1) is 5.10 Å². The minimum absolute atomic E-state index is 0.219. The Kier molecular flexibility index (Phi) is 3.22. The van der Waals surface area contributed by atoms with Crippen molar-refractivity contribution in [2.24, 2.45) is 7.05 Å². The van der Waals surface area contributed by atoms with Gasteiger partial charge in [0, 0.05) is 19.2 Å². The van der Waals surface area contributed by atoms with E-state index in [1.807, 2.05) is 0 Å². The van der Waals surface area contributed by atoms with Crippen LogP contribution in [0.1, 0.15) is 0 Å². The Balaban J connectivity index is 2.33. The van der Waals surface area contributed by atoms with E-state index < -0.39 is 0 Å². The highest BCUT2D eigenvalue weighted by Gasteiger charge is 2.12. The Bertz CT molecular complexity index is 553. The molecule has 2 N–H and O–H groups in total. The van der Waals surface area contributed by atoms with Crippen molar-refractivity contribution < 1.29 is 14.2 Å². The molecule has 0 aliphatic rings. The third-order valence-corrected chi connectivity index (χ3v) is 2.30. The van der Waals surface area contributed by atoms with Crippen LogP contribution in [0.5, 0.6) is 23.3 Å². The van der Waals surface area contributed by atoms with Crippen LogP contribution in [-0.2, 0) is 7.05 Å². The quantitative estimate of drug-likeness (QED) is 0.821. The van der Waals surface area contributed by atoms with Gasteiger partial charge in [0.05, 0.1) is 19.9 Å². The molecule has 7 heteroatoms. The molecule has 0 atom stereocenters. The average Bonchev–Trinajstić information content (AvgIpc) is 2.77. The number of methoxy groups -OCH3 is 2. The van der Waals surface area contributed by atoms with Crippen molar-refractivity contribution in [2.45, 2.75) is 0 Å². The van der Waals surface area contributed by atoms with E-state index in [0.29, 0.717) is 22.9 Å². The maximum Gasteiger partial charge on any atom is 0.341 e. The number of aryl methyl sites for hydroxylation is 1. The van der Waals surface area contributed by atoms with Crippen LogP contribution in [0.2, 0.25) is 0 Å². The molecule has 0 aliphatic carbocycles. The molecule has 1 heterocycles. The molecule has 0 fully saturated rings. The van der Waals surface area contributed by atoms with E-state index in [1.165, 1.54) is 25.2 Å². The lowest BCUT2D eigenvalue weighted by Gasteiger charge is -2.11. The van der Waals surface area contributed by atoms with Gasteiger partial charge in [0.2, 0.25) is 0 Å². The first kappa shape index (κ1) is 12.0. The Labute approximate surface area is 104 Å². The SMILES string of the molecule is COc1cc(N)c(Oc2ncn(C)n2)cc1OC. The number of aromatic nitrogens is 3. The molecule has 0 radical (unpaired) electrons. The lowest BCUT2D eigenvalue weighted by molar-refractivity contribution is 0.351. The minimum atomic E-state index is 0.219. The van der Waals surface area contributed by atoms with Crippen LogP contribution < -0.4 is 19.9 Å². The molecular formula is C11H14N4O3. The fraction of sp³-hybridized carbons (Fsp3) is 0.273. The lowest BCUT2D eigenvalue weighted by atomic mass is 10.2. The summed E-state index contributed by atoms with van der Waals surface area (Å²) in [6, 6.07) is 3.47. The predicted molar refractivity (Wildman–Crippen MR) is 65.0 cm³/mol. The lowest BCUT2D eigenvalue weighted by Crippen LogP contribution is -1.98. The Morgan fingerprint density at radius 3 is 2.33 bits per heavy atom. The molecule has 2 aromatic rings. The maximum absolute atomic E-state index is 5.85. The summed E-state index contributed by atoms with van der Waals surface area (Å²) in [4.78, 5) is 3.95. The van der Waals surface area contributed by atoms with Crippen LogP contribution in [-0.4, -0.2) is 29.0 Å². The smallest absolute Gasteiger partial charge is 0.341 e. The van der Waals surface area contributed by atoms with Crippen molar-refractivity contribution in [3.63, 3.8) is 0 Å². The van der Waals surface area contributed by atoms with Gasteiger partial charge < -0.3 is 19.9 Å². The number of nitrogens with zero attached hydrogens (tertiary/aromatic N) is 3. The van der Waals surface area contributed by atoms with Gasteiger partial charge in [0.15, 0.2) is 17.2 Å². The van der Waals surface area contributed by atoms with Crippen LogP contribution in [0.15, 0.2) is 18.5 Å². The molecule has 0 bridgehead atoms. The van der Waals surface area contributed by atoms with E-state index in [4.69, 9.17) is 19.9 Å². The normalized spacial score (nSPS) is 10.2. The standard InChI is InChI=1S/C11H14N4O3/c1-15-6-13-11(14-15)18-8-5-10(17-3)9(16-2)4-7(8)12/h4-6H,12H2,1-3H3. The summed E-state index contributed by atoms with van der Waals surface area (Å²) >= 11 is 0. The van der Waals surface area contributed by atoms with Gasteiger partial charge in [-0.3, -0.25) is 4.68 Å². The van der Waals surface area contributed by atoms with Gasteiger partial charge in [-0.25, -0.2) is 0 Å². The number of nitrogens with two attached hydrogens (primary N) is 1. The number of hydrogen-bond acceptors (Lipinski definition) is 6. The van der Waals surface area contributed by atoms with E-state index in [0.717, 1.165) is 0 Å². The number of nitrogen functional groups attached to an aromatic ring is 1. The summed E-state index contributed by atoms with van der Waals surface area (Å²) in [5.74, 6) is 1.48. The van der Waals surface area contributed by atoms with Crippen molar-refractivity contribution in [2.75, 3.05) is 20.0 Å². The fourth-order valence-corrected chi connectivity index (χ4v) is 1.43. The number of rotatable bonds is 4. The molecule has 0 amide bonds. The summed E-state index contributed by atoms with van der Waals surface area (Å²) in [6.45, 7) is 0. The second kappa shape index (κ2) is 4.82. The zero-order valence-electron chi connectivity index (χ0n) is 10.4. The van der Waals surface area contributed by atoms with Crippen LogP contribution in [0.3, 0.4) is 0 Å². The molecule has 96 valence electrons. The molecule has 1 aromatic carbocycles. The van der Waals surface area contributed by atoms with Crippen molar-refractivity contribution in [3.8, 4) is 23.3 Å². The average molecular weight is 250 g/mol. The highest BCUT2D eigenvalue weighted by atomic mass is 16.5. The Hall–Kier alpha value is -2.44. The third kappa shape index (κ3) is 2.29. The summed E-state index contributed by atoms with van der Waals surface area (Å²) in [7, 11) is 4.83. The van der Waals surface area contributed by atoms with Crippen molar-refractivity contribution in [1.82, 2.24) is 14.8 Å². The Morgan fingerprint density at radius 1 is 1.11 bits per heavy atom. The van der Waals surface area contributed by atoms with Gasteiger partial charge in [-0.2, -0.15) is 4.98 Å². The first-order chi connectivity index (χ1) is 8.63. The van der Waals surface area contributed by atoms with E-state index in [2.05, 4.69) is 10.1 Å². The van der Waals surface area contributed by atoms with Crippen molar-refractivity contribution >= 4 is 5.69 Å². The van der Waals surface area contributed by atoms with Gasteiger partial charge in [-0.05, 0) is 0 Å². The van der Waals surface area contributed by atoms with Gasteiger partial charge in [0.25, 0.3) is 0 Å². The van der Waals surface area contributed by atoms with Crippen molar-refractivity contribution in [3.05, 3.63) is 18.5 Å². The molecule has 18 heavy (non-hydrogen) atoms. The molecule has 1 aromatic heterocycles. The van der Waals surface area contributed by atoms with Gasteiger partial charge in [0.1, 0.15) is 6.33 Å². The minimum Gasteiger partial charge on any atom is -0.493 e. The molecule has 0 saturated heterocycles. The molecule has 0 saturated carbocycles. The van der Waals surface area contributed by atoms with Crippen LogP contribution in [0.4, 0.5) is 5.69 Å². The first-order valence-electron chi connectivity index (χ1n) is 5.19. The monoisotopic (exact) mass is 250 g/mol. The second-order valence-electron chi connectivity index (χ2n) is 3.55. The molecule has 7 nitrogen and oxygen atoms in total. The predicted octanol–water partition coefficient (Wildman–Crippen LogP) is 1.21. The van der Waals surface area contributed by atoms with Crippen LogP contribution in [0.25, 0.3) is 0 Å². The maximum atomic E-state index is 5.85. The number of ether oxygens (including phenoxy) is 3. The summed E-state index contributed by atoms with van der Waals surface area (Å²) in [5, 5.41) is 4.00. The Morgan fingerprint density at radius 2 is 1.78 bits per heavy atom. The summed E-state index contributed by atoms with van der Waals surface area (Å²) < 4.78 is 17.3. The summed E-state index contributed by atoms with van der Waals surface area (Å²) in [5.41, 5.74) is 6.27. The van der Waals surface area contributed by atoms with Gasteiger partial charge >= 0.3 is 6.01 Å².